The lowest BCUT2D eigenvalue weighted by Gasteiger charge is -1.98. The Balaban J connectivity index is 0. The van der Waals surface area contributed by atoms with Gasteiger partial charge in [0.25, 0.3) is 0 Å². The lowest BCUT2D eigenvalue weighted by atomic mass is 10.6. The van der Waals surface area contributed by atoms with Gasteiger partial charge in [0, 0.05) is 0 Å². The minimum atomic E-state index is -0.556. The summed E-state index contributed by atoms with van der Waals surface area (Å²) in [6.07, 6.45) is 0. The van der Waals surface area contributed by atoms with Crippen LogP contribution < -0.4 is 0 Å². The Morgan fingerprint density at radius 1 is 1.11 bits per heavy atom. The van der Waals surface area contributed by atoms with Crippen molar-refractivity contribution in [1.82, 2.24) is 0 Å². The van der Waals surface area contributed by atoms with Gasteiger partial charge in [-0.15, -0.1) is 46.4 Å². The van der Waals surface area contributed by atoms with Crippen LogP contribution in [0.4, 0.5) is 0 Å². The van der Waals surface area contributed by atoms with Gasteiger partial charge < -0.3 is 0 Å². The third-order valence-electron chi connectivity index (χ3n) is 0. The van der Waals surface area contributed by atoms with E-state index in [1.165, 1.54) is 0 Å². The summed E-state index contributed by atoms with van der Waals surface area (Å²) < 4.78 is -0.556. The molecule has 9 heavy (non-hydrogen) atoms. The van der Waals surface area contributed by atoms with Crippen molar-refractivity contribution >= 4 is 46.4 Å². The second kappa shape index (κ2) is 5.91. The quantitative estimate of drug-likeness (QED) is 0.532. The first-order valence-corrected chi connectivity index (χ1v) is 4.02. The van der Waals surface area contributed by atoms with E-state index in [1.807, 2.05) is 0 Å². The third kappa shape index (κ3) is 349. The maximum atomic E-state index is 5.30. The van der Waals surface area contributed by atoms with Crippen LogP contribution in [0.25, 0.3) is 0 Å². The average molecular weight is 212 g/mol. The van der Waals surface area contributed by atoms with Gasteiger partial charge in [0.05, 0.1) is 0 Å². The highest BCUT2D eigenvalue weighted by Crippen LogP contribution is 2.16. The second-order valence-corrected chi connectivity index (χ2v) is 5.46. The van der Waals surface area contributed by atoms with Crippen molar-refractivity contribution in [2.75, 3.05) is 0 Å². The molecule has 0 bridgehead atoms. The molecule has 4 heteroatoms. The summed E-state index contributed by atoms with van der Waals surface area (Å²) in [5.74, 6) is 0. The molecule has 0 atom stereocenters. The van der Waals surface area contributed by atoms with Crippen LogP contribution in [0.2, 0.25) is 0 Å². The minimum Gasteiger partial charge on any atom is -0.106 e. The van der Waals surface area contributed by atoms with E-state index in [1.54, 1.807) is 20.8 Å². The summed E-state index contributed by atoms with van der Waals surface area (Å²) >= 11 is 20.7. The summed E-state index contributed by atoms with van der Waals surface area (Å²) in [5.41, 5.74) is 0. The Hall–Kier alpha value is 1.16. The van der Waals surface area contributed by atoms with Crippen LogP contribution in [0.15, 0.2) is 0 Å². The Morgan fingerprint density at radius 2 is 1.11 bits per heavy atom. The summed E-state index contributed by atoms with van der Waals surface area (Å²) in [5, 5.41) is 0. The van der Waals surface area contributed by atoms with Gasteiger partial charge in [0.1, 0.15) is 9.17 Å². The van der Waals surface area contributed by atoms with E-state index in [-0.39, 0.29) is 4.84 Å². The van der Waals surface area contributed by atoms with Gasteiger partial charge in [-0.3, -0.25) is 0 Å². The van der Waals surface area contributed by atoms with Crippen molar-refractivity contribution in [1.29, 1.82) is 0 Å². The molecule has 0 aromatic carbocycles. The zero-order valence-corrected chi connectivity index (χ0v) is 8.61. The van der Waals surface area contributed by atoms with E-state index >= 15 is 0 Å². The molecule has 0 saturated heterocycles. The number of rotatable bonds is 0. The lowest BCUT2D eigenvalue weighted by Crippen LogP contribution is -1.93. The van der Waals surface area contributed by atoms with E-state index in [0.717, 1.165) is 0 Å². The number of halogens is 4. The van der Waals surface area contributed by atoms with Gasteiger partial charge in [-0.2, -0.15) is 0 Å². The molecule has 0 aromatic heterocycles. The number of alkyl halides is 4. The Labute approximate surface area is 76.4 Å². The molecule has 58 valence electrons. The monoisotopic (exact) mass is 210 g/mol. The normalized spacial score (nSPS) is 10.7. The van der Waals surface area contributed by atoms with Gasteiger partial charge in [-0.1, -0.05) is 0 Å². The van der Waals surface area contributed by atoms with Crippen molar-refractivity contribution in [2.45, 2.75) is 29.9 Å². The zero-order valence-electron chi connectivity index (χ0n) is 5.59. The highest BCUT2D eigenvalue weighted by molar-refractivity contribution is 6.47. The predicted molar refractivity (Wildman–Crippen MR) is 47.0 cm³/mol. The first kappa shape index (κ1) is 12.8. The molecular weight excluding hydrogens is 202 g/mol. The van der Waals surface area contributed by atoms with Crippen molar-refractivity contribution in [2.24, 2.45) is 0 Å². The first-order chi connectivity index (χ1) is 3.73. The van der Waals surface area contributed by atoms with Crippen LogP contribution >= 0.6 is 46.4 Å². The summed E-state index contributed by atoms with van der Waals surface area (Å²) in [6.45, 7) is 5.13. The van der Waals surface area contributed by atoms with E-state index in [0.29, 0.717) is 0 Å². The highest BCUT2D eigenvalue weighted by atomic mass is 35.5. The van der Waals surface area contributed by atoms with Crippen molar-refractivity contribution in [3.63, 3.8) is 0 Å². The van der Waals surface area contributed by atoms with Gasteiger partial charge in [0.2, 0.25) is 0 Å². The molecule has 0 aliphatic heterocycles. The van der Waals surface area contributed by atoms with E-state index in [9.17, 15) is 0 Å². The highest BCUT2D eigenvalue weighted by Gasteiger charge is 2.03. The topological polar surface area (TPSA) is 0 Å². The van der Waals surface area contributed by atoms with Crippen LogP contribution in [0.3, 0.4) is 0 Å². The Morgan fingerprint density at radius 3 is 1.11 bits per heavy atom. The molecule has 0 radical (unpaired) electrons. The standard InChI is InChI=1S/C3H6Cl2.C2H4Cl2/c1-3(2,4)5;1-2(3)4/h1-2H3;2H,1H3. The molecule has 0 aromatic rings. The van der Waals surface area contributed by atoms with Gasteiger partial charge >= 0.3 is 0 Å². The van der Waals surface area contributed by atoms with Crippen molar-refractivity contribution in [3.8, 4) is 0 Å². The summed E-state index contributed by atoms with van der Waals surface area (Å²) in [6, 6.07) is 0. The molecule has 0 aliphatic rings. The summed E-state index contributed by atoms with van der Waals surface area (Å²) in [4.78, 5) is -0.222. The van der Waals surface area contributed by atoms with Gasteiger partial charge in [0.15, 0.2) is 0 Å². The first-order valence-electron chi connectivity index (χ1n) is 2.39. The molecule has 0 spiro atoms. The molecule has 0 nitrogen and oxygen atoms in total. The molecule has 0 N–H and O–H groups in total. The van der Waals surface area contributed by atoms with Crippen LogP contribution in [0.1, 0.15) is 20.8 Å². The maximum Gasteiger partial charge on any atom is 0.112 e. The Bertz CT molecular complexity index is 45.7. The number of hydrogen-bond acceptors (Lipinski definition) is 0. The smallest absolute Gasteiger partial charge is 0.106 e. The Kier molecular flexibility index (Phi) is 8.41. The molecule has 0 fully saturated rings. The van der Waals surface area contributed by atoms with E-state index in [4.69, 9.17) is 46.4 Å². The molecule has 0 saturated carbocycles. The fourth-order valence-corrected chi connectivity index (χ4v) is 0. The molecule has 0 amide bonds. The summed E-state index contributed by atoms with van der Waals surface area (Å²) in [7, 11) is 0. The van der Waals surface area contributed by atoms with E-state index < -0.39 is 4.33 Å². The fourth-order valence-electron chi connectivity index (χ4n) is 0. The van der Waals surface area contributed by atoms with Crippen LogP contribution in [0, 0.1) is 0 Å². The molecule has 0 aliphatic carbocycles. The van der Waals surface area contributed by atoms with Gasteiger partial charge in [-0.05, 0) is 20.8 Å². The largest absolute Gasteiger partial charge is 0.112 e. The molecule has 0 rings (SSSR count). The fraction of sp³-hybridized carbons (Fsp3) is 1.00. The third-order valence-corrected chi connectivity index (χ3v) is 0. The molecule has 0 unspecified atom stereocenters. The number of hydrogen-bond donors (Lipinski definition) is 0. The van der Waals surface area contributed by atoms with Crippen LogP contribution in [-0.4, -0.2) is 9.17 Å². The lowest BCUT2D eigenvalue weighted by molar-refractivity contribution is 0.995. The second-order valence-electron chi connectivity index (χ2n) is 1.85. The minimum absolute atomic E-state index is 0.222. The van der Waals surface area contributed by atoms with Crippen LogP contribution in [-0.2, 0) is 0 Å². The van der Waals surface area contributed by atoms with E-state index in [2.05, 4.69) is 0 Å². The average Bonchev–Trinajstić information content (AvgIpc) is 1.19. The van der Waals surface area contributed by atoms with Crippen molar-refractivity contribution in [3.05, 3.63) is 0 Å². The molecule has 0 heterocycles. The predicted octanol–water partition coefficient (Wildman–Crippen LogP) is 4.01. The molecular formula is C5H10Cl4. The van der Waals surface area contributed by atoms with Gasteiger partial charge in [-0.25, -0.2) is 0 Å². The zero-order chi connectivity index (χ0) is 8.08. The SMILES string of the molecule is CC(C)(Cl)Cl.CC(Cl)Cl. The van der Waals surface area contributed by atoms with Crippen LogP contribution in [0.5, 0.6) is 0 Å². The van der Waals surface area contributed by atoms with Crippen molar-refractivity contribution < 1.29 is 0 Å². The maximum absolute atomic E-state index is 5.30.